The molecule has 0 bridgehead atoms. The molecule has 0 aromatic heterocycles. The molecule has 0 aliphatic rings. The van der Waals surface area contributed by atoms with Crippen LogP contribution < -0.4 is 16.4 Å². The van der Waals surface area contributed by atoms with Gasteiger partial charge in [0.2, 0.25) is 0 Å². The quantitative estimate of drug-likeness (QED) is 0.758. The summed E-state index contributed by atoms with van der Waals surface area (Å²) in [5, 5.41) is 5.36. The number of carbonyl (C=O) groups is 1. The summed E-state index contributed by atoms with van der Waals surface area (Å²) in [7, 11) is 0. The molecule has 0 saturated carbocycles. The van der Waals surface area contributed by atoms with Gasteiger partial charge in [-0.25, -0.2) is 8.78 Å². The Morgan fingerprint density at radius 3 is 2.57 bits per heavy atom. The summed E-state index contributed by atoms with van der Waals surface area (Å²) in [6.07, 6.45) is 0. The molecule has 0 aliphatic carbocycles. The van der Waals surface area contributed by atoms with Gasteiger partial charge in [-0.1, -0.05) is 0 Å². The first-order chi connectivity index (χ1) is 10.0. The van der Waals surface area contributed by atoms with Crippen molar-refractivity contribution in [3.8, 4) is 0 Å². The van der Waals surface area contributed by atoms with Crippen LogP contribution in [0.25, 0.3) is 0 Å². The molecule has 4 N–H and O–H groups in total. The van der Waals surface area contributed by atoms with Crippen molar-refractivity contribution in [2.24, 2.45) is 0 Å². The van der Waals surface area contributed by atoms with Gasteiger partial charge >= 0.3 is 0 Å². The number of carbonyl (C=O) groups excluding carboxylic acids is 1. The standard InChI is InChI=1S/C15H15F2N3O/c1-2-19-15(21)9-3-6-13(12(18)7-9)20-14-8-10(16)4-5-11(14)17/h3-8,20H,2,18H2,1H3,(H,19,21). The first-order valence-corrected chi connectivity index (χ1v) is 6.41. The number of nitrogens with two attached hydrogens (primary N) is 1. The molecule has 0 saturated heterocycles. The lowest BCUT2D eigenvalue weighted by atomic mass is 10.1. The minimum atomic E-state index is -0.594. The highest BCUT2D eigenvalue weighted by molar-refractivity contribution is 5.96. The van der Waals surface area contributed by atoms with Crippen molar-refractivity contribution >= 4 is 23.0 Å². The Labute approximate surface area is 121 Å². The molecule has 21 heavy (non-hydrogen) atoms. The summed E-state index contributed by atoms with van der Waals surface area (Å²) in [6, 6.07) is 7.67. The van der Waals surface area contributed by atoms with Gasteiger partial charge in [0.05, 0.1) is 17.1 Å². The largest absolute Gasteiger partial charge is 0.397 e. The molecule has 110 valence electrons. The number of halogens is 2. The lowest BCUT2D eigenvalue weighted by Gasteiger charge is -2.11. The molecule has 0 atom stereocenters. The Hall–Kier alpha value is -2.63. The topological polar surface area (TPSA) is 67.2 Å². The van der Waals surface area contributed by atoms with Gasteiger partial charge in [0.25, 0.3) is 5.91 Å². The van der Waals surface area contributed by atoms with Crippen molar-refractivity contribution in [3.05, 3.63) is 53.6 Å². The Kier molecular flexibility index (Phi) is 4.37. The zero-order valence-electron chi connectivity index (χ0n) is 11.4. The second-order valence-corrected chi connectivity index (χ2v) is 4.41. The van der Waals surface area contributed by atoms with Gasteiger partial charge in [-0.05, 0) is 37.3 Å². The van der Waals surface area contributed by atoms with Crippen molar-refractivity contribution in [3.63, 3.8) is 0 Å². The number of benzene rings is 2. The molecule has 0 heterocycles. The third-order valence-electron chi connectivity index (χ3n) is 2.85. The lowest BCUT2D eigenvalue weighted by molar-refractivity contribution is 0.0956. The average molecular weight is 291 g/mol. The zero-order chi connectivity index (χ0) is 15.4. The number of nitrogens with one attached hydrogen (secondary N) is 2. The van der Waals surface area contributed by atoms with E-state index in [4.69, 9.17) is 5.73 Å². The molecule has 2 rings (SSSR count). The van der Waals surface area contributed by atoms with Crippen LogP contribution in [0.4, 0.5) is 25.8 Å². The fourth-order valence-corrected chi connectivity index (χ4v) is 1.82. The number of amides is 1. The molecule has 1 amide bonds. The minimum absolute atomic E-state index is 0.0209. The van der Waals surface area contributed by atoms with Crippen molar-refractivity contribution in [2.45, 2.75) is 6.92 Å². The molecule has 0 spiro atoms. The predicted octanol–water partition coefficient (Wildman–Crippen LogP) is 3.04. The highest BCUT2D eigenvalue weighted by Gasteiger charge is 2.09. The summed E-state index contributed by atoms with van der Waals surface area (Å²) < 4.78 is 26.7. The van der Waals surface area contributed by atoms with Gasteiger partial charge in [0, 0.05) is 18.2 Å². The first kappa shape index (κ1) is 14.8. The second-order valence-electron chi connectivity index (χ2n) is 4.41. The second kappa shape index (κ2) is 6.21. The highest BCUT2D eigenvalue weighted by Crippen LogP contribution is 2.26. The first-order valence-electron chi connectivity index (χ1n) is 6.41. The van der Waals surface area contributed by atoms with Crippen LogP contribution in [0.2, 0.25) is 0 Å². The van der Waals surface area contributed by atoms with Crippen molar-refractivity contribution in [2.75, 3.05) is 17.6 Å². The van der Waals surface area contributed by atoms with E-state index in [-0.39, 0.29) is 17.3 Å². The van der Waals surface area contributed by atoms with Gasteiger partial charge in [-0.2, -0.15) is 0 Å². The van der Waals surface area contributed by atoms with Gasteiger partial charge in [-0.15, -0.1) is 0 Å². The summed E-state index contributed by atoms with van der Waals surface area (Å²) >= 11 is 0. The molecular weight excluding hydrogens is 276 g/mol. The highest BCUT2D eigenvalue weighted by atomic mass is 19.1. The molecular formula is C15H15F2N3O. The molecule has 0 aliphatic heterocycles. The van der Waals surface area contributed by atoms with Crippen LogP contribution in [0.5, 0.6) is 0 Å². The van der Waals surface area contributed by atoms with Gasteiger partial charge in [-0.3, -0.25) is 4.79 Å². The van der Waals surface area contributed by atoms with Crippen LogP contribution in [0.15, 0.2) is 36.4 Å². The van der Waals surface area contributed by atoms with Crippen LogP contribution in [0.1, 0.15) is 17.3 Å². The summed E-state index contributed by atoms with van der Waals surface area (Å²) in [4.78, 5) is 11.7. The molecule has 2 aromatic rings. The van der Waals surface area contributed by atoms with E-state index in [9.17, 15) is 13.6 Å². The number of hydrogen-bond acceptors (Lipinski definition) is 3. The van der Waals surface area contributed by atoms with Crippen LogP contribution in [0, 0.1) is 11.6 Å². The van der Waals surface area contributed by atoms with Crippen molar-refractivity contribution < 1.29 is 13.6 Å². The molecule has 6 heteroatoms. The number of hydrogen-bond donors (Lipinski definition) is 3. The van der Waals surface area contributed by atoms with E-state index >= 15 is 0 Å². The van der Waals surface area contributed by atoms with Crippen molar-refractivity contribution in [1.29, 1.82) is 0 Å². The van der Waals surface area contributed by atoms with Crippen LogP contribution >= 0.6 is 0 Å². The monoisotopic (exact) mass is 291 g/mol. The predicted molar refractivity (Wildman–Crippen MR) is 78.5 cm³/mol. The summed E-state index contributed by atoms with van der Waals surface area (Å²) in [5.74, 6) is -1.40. The Bertz CT molecular complexity index is 674. The van der Waals surface area contributed by atoms with E-state index in [1.807, 2.05) is 6.92 Å². The Morgan fingerprint density at radius 2 is 1.90 bits per heavy atom. The third kappa shape index (κ3) is 3.47. The molecule has 0 fully saturated rings. The smallest absolute Gasteiger partial charge is 0.251 e. The fourth-order valence-electron chi connectivity index (χ4n) is 1.82. The van der Waals surface area contributed by atoms with E-state index in [2.05, 4.69) is 10.6 Å². The number of nitrogen functional groups attached to an aromatic ring is 1. The maximum absolute atomic E-state index is 13.6. The summed E-state index contributed by atoms with van der Waals surface area (Å²) in [6.45, 7) is 2.32. The lowest BCUT2D eigenvalue weighted by Crippen LogP contribution is -2.22. The van der Waals surface area contributed by atoms with Crippen molar-refractivity contribution in [1.82, 2.24) is 5.32 Å². The maximum atomic E-state index is 13.6. The van der Waals surface area contributed by atoms with Gasteiger partial charge in [0.1, 0.15) is 11.6 Å². The minimum Gasteiger partial charge on any atom is -0.397 e. The zero-order valence-corrected chi connectivity index (χ0v) is 11.4. The number of anilines is 3. The molecule has 0 unspecified atom stereocenters. The van der Waals surface area contributed by atoms with E-state index in [1.54, 1.807) is 12.1 Å². The van der Waals surface area contributed by atoms with Crippen LogP contribution in [-0.2, 0) is 0 Å². The van der Waals surface area contributed by atoms with Crippen LogP contribution in [0.3, 0.4) is 0 Å². The summed E-state index contributed by atoms with van der Waals surface area (Å²) in [5.41, 5.74) is 6.88. The fraction of sp³-hybridized carbons (Fsp3) is 0.133. The Balaban J connectivity index is 2.25. The van der Waals surface area contributed by atoms with Gasteiger partial charge < -0.3 is 16.4 Å². The van der Waals surface area contributed by atoms with Gasteiger partial charge in [0.15, 0.2) is 0 Å². The number of rotatable bonds is 4. The maximum Gasteiger partial charge on any atom is 0.251 e. The molecule has 0 radical (unpaired) electrons. The van der Waals surface area contributed by atoms with E-state index in [1.165, 1.54) is 6.07 Å². The SMILES string of the molecule is CCNC(=O)c1ccc(Nc2cc(F)ccc2F)c(N)c1. The molecule has 4 nitrogen and oxygen atoms in total. The van der Waals surface area contributed by atoms with Crippen LogP contribution in [-0.4, -0.2) is 12.5 Å². The normalized spacial score (nSPS) is 10.2. The third-order valence-corrected chi connectivity index (χ3v) is 2.85. The van der Waals surface area contributed by atoms with E-state index in [0.29, 0.717) is 17.8 Å². The Morgan fingerprint density at radius 1 is 1.14 bits per heavy atom. The average Bonchev–Trinajstić information content (AvgIpc) is 2.45. The van der Waals surface area contributed by atoms with E-state index in [0.717, 1.165) is 18.2 Å². The van der Waals surface area contributed by atoms with E-state index < -0.39 is 11.6 Å². The molecule has 2 aromatic carbocycles.